The molecular weight excluding hydrogens is 246 g/mol. The Hall–Kier alpha value is -1.54. The fraction of sp³-hybridized carbons (Fsp3) is 0.556. The number of aromatic nitrogens is 2. The van der Waals surface area contributed by atoms with Gasteiger partial charge in [0.2, 0.25) is 0 Å². The molecular formula is C9H13N3O4S. The van der Waals surface area contributed by atoms with Gasteiger partial charge in [-0.2, -0.15) is 0 Å². The van der Waals surface area contributed by atoms with Gasteiger partial charge in [-0.3, -0.25) is 4.79 Å². The van der Waals surface area contributed by atoms with E-state index in [4.69, 9.17) is 9.84 Å². The number of nitrogens with one attached hydrogen (secondary N) is 1. The molecule has 1 heterocycles. The van der Waals surface area contributed by atoms with Gasteiger partial charge in [0.15, 0.2) is 6.04 Å². The van der Waals surface area contributed by atoms with Crippen molar-refractivity contribution in [2.75, 3.05) is 13.7 Å². The Morgan fingerprint density at radius 2 is 2.29 bits per heavy atom. The highest BCUT2D eigenvalue weighted by molar-refractivity contribution is 7.08. The van der Waals surface area contributed by atoms with Crippen molar-refractivity contribution in [3.63, 3.8) is 0 Å². The second kappa shape index (κ2) is 6.26. The van der Waals surface area contributed by atoms with Crippen LogP contribution in [0.3, 0.4) is 0 Å². The van der Waals surface area contributed by atoms with E-state index in [1.54, 1.807) is 0 Å². The molecule has 2 N–H and O–H groups in total. The molecule has 1 amide bonds. The van der Waals surface area contributed by atoms with Crippen molar-refractivity contribution in [1.29, 1.82) is 0 Å². The van der Waals surface area contributed by atoms with Crippen molar-refractivity contribution in [2.45, 2.75) is 19.4 Å². The van der Waals surface area contributed by atoms with Gasteiger partial charge in [0.25, 0.3) is 5.91 Å². The Balaban J connectivity index is 2.73. The molecule has 94 valence electrons. The lowest BCUT2D eigenvalue weighted by Crippen LogP contribution is -2.43. The number of carbonyl (C=O) groups excluding carboxylic acids is 1. The van der Waals surface area contributed by atoms with E-state index in [1.165, 1.54) is 7.11 Å². The van der Waals surface area contributed by atoms with Gasteiger partial charge in [0, 0.05) is 7.11 Å². The van der Waals surface area contributed by atoms with Crippen molar-refractivity contribution < 1.29 is 19.4 Å². The zero-order valence-electron chi connectivity index (χ0n) is 9.47. The average Bonchev–Trinajstić information content (AvgIpc) is 2.76. The zero-order chi connectivity index (χ0) is 12.8. The van der Waals surface area contributed by atoms with E-state index in [1.807, 2.05) is 6.92 Å². The molecule has 8 heteroatoms. The molecule has 1 unspecified atom stereocenters. The van der Waals surface area contributed by atoms with Gasteiger partial charge in [0.05, 0.1) is 12.3 Å². The summed E-state index contributed by atoms with van der Waals surface area (Å²) in [6.45, 7) is 1.76. The van der Waals surface area contributed by atoms with Crippen LogP contribution < -0.4 is 5.32 Å². The van der Waals surface area contributed by atoms with Gasteiger partial charge >= 0.3 is 5.97 Å². The first-order chi connectivity index (χ1) is 8.10. The quantitative estimate of drug-likeness (QED) is 0.741. The monoisotopic (exact) mass is 259 g/mol. The van der Waals surface area contributed by atoms with Crippen LogP contribution in [0.1, 0.15) is 22.3 Å². The molecule has 0 spiro atoms. The number of carbonyl (C=O) groups is 2. The van der Waals surface area contributed by atoms with Gasteiger partial charge in [-0.25, -0.2) is 4.79 Å². The van der Waals surface area contributed by atoms with Crippen molar-refractivity contribution in [2.24, 2.45) is 0 Å². The smallest absolute Gasteiger partial charge is 0.328 e. The summed E-state index contributed by atoms with van der Waals surface area (Å²) in [6.07, 6.45) is 0.571. The van der Waals surface area contributed by atoms with Crippen LogP contribution in [0.4, 0.5) is 0 Å². The van der Waals surface area contributed by atoms with E-state index in [-0.39, 0.29) is 6.61 Å². The highest BCUT2D eigenvalue weighted by Gasteiger charge is 2.23. The number of hydrogen-bond acceptors (Lipinski definition) is 6. The Labute approximate surface area is 102 Å². The largest absolute Gasteiger partial charge is 0.480 e. The summed E-state index contributed by atoms with van der Waals surface area (Å²) in [7, 11) is 1.37. The number of rotatable bonds is 6. The summed E-state index contributed by atoms with van der Waals surface area (Å²) >= 11 is 0.947. The second-order valence-electron chi connectivity index (χ2n) is 3.22. The first-order valence-electron chi connectivity index (χ1n) is 4.94. The van der Waals surface area contributed by atoms with Crippen LogP contribution in [0.2, 0.25) is 0 Å². The molecule has 0 radical (unpaired) electrons. The summed E-state index contributed by atoms with van der Waals surface area (Å²) < 4.78 is 8.38. The normalized spacial score (nSPS) is 12.1. The van der Waals surface area contributed by atoms with Gasteiger partial charge in [-0.05, 0) is 18.0 Å². The molecule has 0 aliphatic carbocycles. The van der Waals surface area contributed by atoms with Crippen LogP contribution in [-0.4, -0.2) is 46.3 Å². The van der Waals surface area contributed by atoms with Crippen molar-refractivity contribution >= 4 is 23.4 Å². The Bertz CT molecular complexity index is 407. The molecule has 0 bridgehead atoms. The number of ether oxygens (including phenoxy) is 1. The molecule has 0 aliphatic rings. The SMILES string of the molecule is CCc1nnsc1C(=O)NC(COC)C(=O)O. The fourth-order valence-corrected chi connectivity index (χ4v) is 1.83. The third-order valence-electron chi connectivity index (χ3n) is 2.03. The Morgan fingerprint density at radius 3 is 2.82 bits per heavy atom. The first-order valence-corrected chi connectivity index (χ1v) is 5.71. The number of carboxylic acid groups (broad SMARTS) is 1. The minimum atomic E-state index is -1.14. The predicted molar refractivity (Wildman–Crippen MR) is 60.1 cm³/mol. The van der Waals surface area contributed by atoms with Gasteiger partial charge < -0.3 is 15.2 Å². The number of aryl methyl sites for hydroxylation is 1. The number of aliphatic carboxylic acids is 1. The van der Waals surface area contributed by atoms with Crippen LogP contribution in [0.25, 0.3) is 0 Å². The molecule has 0 saturated heterocycles. The Kier molecular flexibility index (Phi) is 4.98. The van der Waals surface area contributed by atoms with E-state index >= 15 is 0 Å². The summed E-state index contributed by atoms with van der Waals surface area (Å²) in [5, 5.41) is 15.0. The first kappa shape index (κ1) is 13.5. The highest BCUT2D eigenvalue weighted by Crippen LogP contribution is 2.11. The molecule has 0 aromatic carbocycles. The molecule has 0 saturated carbocycles. The average molecular weight is 259 g/mol. The Morgan fingerprint density at radius 1 is 1.59 bits per heavy atom. The summed E-state index contributed by atoms with van der Waals surface area (Å²) in [6, 6.07) is -1.07. The molecule has 1 atom stereocenters. The fourth-order valence-electron chi connectivity index (χ4n) is 1.18. The maximum atomic E-state index is 11.8. The van der Waals surface area contributed by atoms with Crippen LogP contribution >= 0.6 is 11.5 Å². The predicted octanol–water partition coefficient (Wildman–Crippen LogP) is -0.0701. The van der Waals surface area contributed by atoms with Crippen molar-refractivity contribution in [3.8, 4) is 0 Å². The van der Waals surface area contributed by atoms with Crippen molar-refractivity contribution in [3.05, 3.63) is 10.6 Å². The third-order valence-corrected chi connectivity index (χ3v) is 2.80. The van der Waals surface area contributed by atoms with E-state index in [2.05, 4.69) is 14.9 Å². The van der Waals surface area contributed by atoms with Gasteiger partial charge in [-0.15, -0.1) is 5.10 Å². The number of hydrogen-bond donors (Lipinski definition) is 2. The molecule has 1 aromatic rings. The van der Waals surface area contributed by atoms with Crippen LogP contribution in [0.5, 0.6) is 0 Å². The molecule has 7 nitrogen and oxygen atoms in total. The number of nitrogens with zero attached hydrogens (tertiary/aromatic N) is 2. The van der Waals surface area contributed by atoms with Crippen LogP contribution in [0.15, 0.2) is 0 Å². The van der Waals surface area contributed by atoms with E-state index in [9.17, 15) is 9.59 Å². The topological polar surface area (TPSA) is 101 Å². The minimum absolute atomic E-state index is 0.0885. The molecule has 0 aliphatic heterocycles. The maximum Gasteiger partial charge on any atom is 0.328 e. The van der Waals surface area contributed by atoms with Crippen molar-refractivity contribution in [1.82, 2.24) is 14.9 Å². The molecule has 0 fully saturated rings. The number of carboxylic acids is 1. The molecule has 1 rings (SSSR count). The summed E-state index contributed by atoms with van der Waals surface area (Å²) in [5.74, 6) is -1.63. The third kappa shape index (κ3) is 3.46. The minimum Gasteiger partial charge on any atom is -0.480 e. The second-order valence-corrected chi connectivity index (χ2v) is 3.98. The number of methoxy groups -OCH3 is 1. The van der Waals surface area contributed by atoms with Gasteiger partial charge in [0.1, 0.15) is 4.88 Å². The summed E-state index contributed by atoms with van der Waals surface area (Å²) in [4.78, 5) is 22.9. The lowest BCUT2D eigenvalue weighted by Gasteiger charge is -2.12. The van der Waals surface area contributed by atoms with Gasteiger partial charge in [-0.1, -0.05) is 11.4 Å². The van der Waals surface area contributed by atoms with E-state index < -0.39 is 17.9 Å². The number of amides is 1. The molecule has 17 heavy (non-hydrogen) atoms. The standard InChI is InChI=1S/C9H13N3O4S/c1-3-5-7(17-12-11-5)8(13)10-6(4-16-2)9(14)15/h6H,3-4H2,1-2H3,(H,10,13)(H,14,15). The molecule has 1 aromatic heterocycles. The highest BCUT2D eigenvalue weighted by atomic mass is 32.1. The van der Waals surface area contributed by atoms with E-state index in [0.29, 0.717) is 17.0 Å². The zero-order valence-corrected chi connectivity index (χ0v) is 10.3. The van der Waals surface area contributed by atoms with E-state index in [0.717, 1.165) is 11.5 Å². The van der Waals surface area contributed by atoms with Crippen LogP contribution in [-0.2, 0) is 16.0 Å². The lowest BCUT2D eigenvalue weighted by atomic mass is 10.2. The summed E-state index contributed by atoms with van der Waals surface area (Å²) in [5.41, 5.74) is 0.564. The van der Waals surface area contributed by atoms with Crippen LogP contribution in [0, 0.1) is 0 Å². The lowest BCUT2D eigenvalue weighted by molar-refractivity contribution is -0.140. The maximum absolute atomic E-state index is 11.8.